The summed E-state index contributed by atoms with van der Waals surface area (Å²) in [6.07, 6.45) is 10.4. The van der Waals surface area contributed by atoms with Gasteiger partial charge in [0.2, 0.25) is 0 Å². The fraction of sp³-hybridized carbons (Fsp3) is 1.00. The molecule has 0 aromatic heterocycles. The maximum absolute atomic E-state index is 5.62. The highest BCUT2D eigenvalue weighted by Crippen LogP contribution is 2.48. The van der Waals surface area contributed by atoms with Gasteiger partial charge in [-0.1, -0.05) is 19.3 Å². The Hall–Kier alpha value is -0.0400. The van der Waals surface area contributed by atoms with Crippen LogP contribution in [0.25, 0.3) is 0 Å². The lowest BCUT2D eigenvalue weighted by Crippen LogP contribution is -2.41. The van der Waals surface area contributed by atoms with Crippen LogP contribution in [0.3, 0.4) is 0 Å². The van der Waals surface area contributed by atoms with Crippen LogP contribution in [0.1, 0.15) is 44.9 Å². The summed E-state index contributed by atoms with van der Waals surface area (Å²) in [7, 11) is 0. The van der Waals surface area contributed by atoms with Crippen LogP contribution in [0.4, 0.5) is 0 Å². The number of rotatable bonds is 0. The maximum Gasteiger partial charge on any atom is 0.0497 e. The SMILES string of the molecule is C1CCC2C(C1)CCC1COCCC12. The molecule has 1 heteroatoms. The fourth-order valence-corrected chi connectivity index (χ4v) is 4.26. The quantitative estimate of drug-likeness (QED) is 0.575. The van der Waals surface area contributed by atoms with Crippen molar-refractivity contribution < 1.29 is 4.74 Å². The van der Waals surface area contributed by atoms with Crippen molar-refractivity contribution in [3.8, 4) is 0 Å². The van der Waals surface area contributed by atoms with Gasteiger partial charge < -0.3 is 4.74 Å². The molecule has 0 radical (unpaired) electrons. The summed E-state index contributed by atoms with van der Waals surface area (Å²) in [6.45, 7) is 2.12. The Morgan fingerprint density at radius 2 is 1.50 bits per heavy atom. The van der Waals surface area contributed by atoms with E-state index in [9.17, 15) is 0 Å². The lowest BCUT2D eigenvalue weighted by molar-refractivity contribution is -0.0545. The van der Waals surface area contributed by atoms with Gasteiger partial charge >= 0.3 is 0 Å². The summed E-state index contributed by atoms with van der Waals surface area (Å²) in [6, 6.07) is 0. The monoisotopic (exact) mass is 194 g/mol. The minimum atomic E-state index is 0.933. The zero-order chi connectivity index (χ0) is 9.38. The van der Waals surface area contributed by atoms with E-state index in [-0.39, 0.29) is 0 Å². The minimum absolute atomic E-state index is 0.933. The molecule has 2 aliphatic carbocycles. The van der Waals surface area contributed by atoms with Gasteiger partial charge in [-0.2, -0.15) is 0 Å². The standard InChI is InChI=1S/C13H22O/c1-2-4-12-10(3-1)5-6-11-9-14-8-7-13(11)12/h10-13H,1-9H2. The molecule has 1 heterocycles. The number of ether oxygens (including phenoxy) is 1. The van der Waals surface area contributed by atoms with E-state index < -0.39 is 0 Å². The summed E-state index contributed by atoms with van der Waals surface area (Å²) in [5.41, 5.74) is 0. The fourth-order valence-electron chi connectivity index (χ4n) is 4.26. The van der Waals surface area contributed by atoms with Crippen molar-refractivity contribution in [3.05, 3.63) is 0 Å². The molecule has 1 aliphatic heterocycles. The first kappa shape index (κ1) is 9.21. The maximum atomic E-state index is 5.62. The molecule has 0 aromatic carbocycles. The van der Waals surface area contributed by atoms with Crippen molar-refractivity contribution in [2.75, 3.05) is 13.2 Å². The molecule has 4 atom stereocenters. The van der Waals surface area contributed by atoms with Crippen LogP contribution in [0.2, 0.25) is 0 Å². The Morgan fingerprint density at radius 3 is 2.50 bits per heavy atom. The zero-order valence-corrected chi connectivity index (χ0v) is 9.08. The molecule has 0 spiro atoms. The smallest absolute Gasteiger partial charge is 0.0497 e. The molecule has 4 unspecified atom stereocenters. The molecule has 3 aliphatic rings. The molecular formula is C13H22O. The first-order valence-electron chi connectivity index (χ1n) is 6.53. The third-order valence-electron chi connectivity index (χ3n) is 4.96. The van der Waals surface area contributed by atoms with Crippen molar-refractivity contribution in [2.24, 2.45) is 23.7 Å². The van der Waals surface area contributed by atoms with Gasteiger partial charge in [-0.15, -0.1) is 0 Å². The van der Waals surface area contributed by atoms with Crippen molar-refractivity contribution in [1.82, 2.24) is 0 Å². The average Bonchev–Trinajstić information content (AvgIpc) is 2.29. The van der Waals surface area contributed by atoms with Crippen LogP contribution in [-0.4, -0.2) is 13.2 Å². The van der Waals surface area contributed by atoms with Crippen LogP contribution in [0.5, 0.6) is 0 Å². The average molecular weight is 194 g/mol. The van der Waals surface area contributed by atoms with Crippen LogP contribution in [-0.2, 0) is 4.74 Å². The first-order valence-corrected chi connectivity index (χ1v) is 6.53. The number of fused-ring (bicyclic) bond motifs is 3. The zero-order valence-electron chi connectivity index (χ0n) is 9.08. The topological polar surface area (TPSA) is 9.23 Å². The largest absolute Gasteiger partial charge is 0.381 e. The van der Waals surface area contributed by atoms with E-state index in [1.54, 1.807) is 0 Å². The second-order valence-corrected chi connectivity index (χ2v) is 5.57. The first-order chi connectivity index (χ1) is 6.95. The number of hydrogen-bond acceptors (Lipinski definition) is 1. The third-order valence-corrected chi connectivity index (χ3v) is 4.96. The predicted molar refractivity (Wildman–Crippen MR) is 57.1 cm³/mol. The van der Waals surface area contributed by atoms with E-state index >= 15 is 0 Å². The van der Waals surface area contributed by atoms with Gasteiger partial charge in [-0.25, -0.2) is 0 Å². The Morgan fingerprint density at radius 1 is 0.714 bits per heavy atom. The molecule has 0 aromatic rings. The van der Waals surface area contributed by atoms with Gasteiger partial charge in [0.05, 0.1) is 0 Å². The van der Waals surface area contributed by atoms with Crippen LogP contribution < -0.4 is 0 Å². The summed E-state index contributed by atoms with van der Waals surface area (Å²) in [5.74, 6) is 4.17. The summed E-state index contributed by atoms with van der Waals surface area (Å²) >= 11 is 0. The van der Waals surface area contributed by atoms with E-state index in [4.69, 9.17) is 4.74 Å². The lowest BCUT2D eigenvalue weighted by Gasteiger charge is -2.47. The van der Waals surface area contributed by atoms with E-state index in [1.165, 1.54) is 44.9 Å². The lowest BCUT2D eigenvalue weighted by atomic mass is 9.60. The van der Waals surface area contributed by atoms with Gasteiger partial charge in [0.25, 0.3) is 0 Å². The second kappa shape index (κ2) is 3.84. The van der Waals surface area contributed by atoms with Gasteiger partial charge in [0.15, 0.2) is 0 Å². The summed E-state index contributed by atoms with van der Waals surface area (Å²) < 4.78 is 5.62. The predicted octanol–water partition coefficient (Wildman–Crippen LogP) is 3.24. The summed E-state index contributed by atoms with van der Waals surface area (Å²) in [5, 5.41) is 0. The van der Waals surface area contributed by atoms with E-state index in [2.05, 4.69) is 0 Å². The van der Waals surface area contributed by atoms with Crippen molar-refractivity contribution in [3.63, 3.8) is 0 Å². The molecule has 80 valence electrons. The van der Waals surface area contributed by atoms with E-state index in [1.807, 2.05) is 0 Å². The van der Waals surface area contributed by atoms with E-state index in [0.717, 1.165) is 36.9 Å². The third kappa shape index (κ3) is 1.50. The van der Waals surface area contributed by atoms with Crippen LogP contribution >= 0.6 is 0 Å². The molecule has 1 nitrogen and oxygen atoms in total. The molecule has 3 rings (SSSR count). The van der Waals surface area contributed by atoms with Crippen LogP contribution in [0.15, 0.2) is 0 Å². The Labute approximate surface area is 87.2 Å². The molecule has 0 amide bonds. The molecule has 14 heavy (non-hydrogen) atoms. The van der Waals surface area contributed by atoms with Gasteiger partial charge in [0, 0.05) is 13.2 Å². The van der Waals surface area contributed by atoms with Crippen molar-refractivity contribution in [2.45, 2.75) is 44.9 Å². The highest BCUT2D eigenvalue weighted by molar-refractivity contribution is 4.90. The summed E-state index contributed by atoms with van der Waals surface area (Å²) in [4.78, 5) is 0. The van der Waals surface area contributed by atoms with Crippen molar-refractivity contribution in [1.29, 1.82) is 0 Å². The highest BCUT2D eigenvalue weighted by Gasteiger charge is 2.41. The Kier molecular flexibility index (Phi) is 2.53. The van der Waals surface area contributed by atoms with Crippen LogP contribution in [0, 0.1) is 23.7 Å². The molecule has 3 fully saturated rings. The Bertz CT molecular complexity index is 179. The second-order valence-electron chi connectivity index (χ2n) is 5.57. The van der Waals surface area contributed by atoms with Gasteiger partial charge in [0.1, 0.15) is 0 Å². The van der Waals surface area contributed by atoms with Crippen molar-refractivity contribution >= 4 is 0 Å². The molecule has 1 saturated heterocycles. The molecular weight excluding hydrogens is 172 g/mol. The molecule has 0 bridgehead atoms. The van der Waals surface area contributed by atoms with Gasteiger partial charge in [-0.3, -0.25) is 0 Å². The minimum Gasteiger partial charge on any atom is -0.381 e. The highest BCUT2D eigenvalue weighted by atomic mass is 16.5. The van der Waals surface area contributed by atoms with Gasteiger partial charge in [-0.05, 0) is 49.4 Å². The molecule has 2 saturated carbocycles. The van der Waals surface area contributed by atoms with E-state index in [0.29, 0.717) is 0 Å². The Balaban J connectivity index is 1.74. The normalized spacial score (nSPS) is 48.0. The number of hydrogen-bond donors (Lipinski definition) is 0. The molecule has 0 N–H and O–H groups in total.